The van der Waals surface area contributed by atoms with Crippen LogP contribution in [-0.2, 0) is 0 Å². The molecule has 1 saturated heterocycles. The highest BCUT2D eigenvalue weighted by Crippen LogP contribution is 2.35. The van der Waals surface area contributed by atoms with Gasteiger partial charge in [-0.1, -0.05) is 12.8 Å². The minimum absolute atomic E-state index is 0.356. The van der Waals surface area contributed by atoms with Crippen molar-refractivity contribution < 1.29 is 0 Å². The molecule has 0 amide bonds. The molecule has 0 radical (unpaired) electrons. The predicted molar refractivity (Wildman–Crippen MR) is 55.6 cm³/mol. The Hall–Kier alpha value is -0.0800. The zero-order valence-electron chi connectivity index (χ0n) is 8.92. The van der Waals surface area contributed by atoms with Gasteiger partial charge in [0.2, 0.25) is 0 Å². The van der Waals surface area contributed by atoms with Crippen LogP contribution < -0.4 is 5.73 Å². The summed E-state index contributed by atoms with van der Waals surface area (Å²) < 4.78 is 0. The number of hydrogen-bond acceptors (Lipinski definition) is 2. The van der Waals surface area contributed by atoms with Gasteiger partial charge in [0.1, 0.15) is 0 Å². The fraction of sp³-hybridized carbons (Fsp3) is 1.00. The Labute approximate surface area is 81.5 Å². The Morgan fingerprint density at radius 3 is 2.31 bits per heavy atom. The third kappa shape index (κ3) is 1.75. The standard InChI is InChI=1S/C11H22N2/c1-11(2)7-9(12)8-13(11)10-5-3-4-6-10/h9-10H,3-8,12H2,1-2H3. The normalized spacial score (nSPS) is 35.8. The van der Waals surface area contributed by atoms with Crippen molar-refractivity contribution in [2.45, 2.75) is 63.6 Å². The van der Waals surface area contributed by atoms with E-state index in [1.807, 2.05) is 0 Å². The SMILES string of the molecule is CC1(C)CC(N)CN1C1CCCC1. The molecule has 1 aliphatic heterocycles. The first kappa shape index (κ1) is 9.47. The van der Waals surface area contributed by atoms with E-state index in [9.17, 15) is 0 Å². The summed E-state index contributed by atoms with van der Waals surface area (Å²) in [4.78, 5) is 2.66. The van der Waals surface area contributed by atoms with E-state index in [4.69, 9.17) is 5.73 Å². The largest absolute Gasteiger partial charge is 0.326 e. The maximum Gasteiger partial charge on any atom is 0.0185 e. The number of nitrogens with two attached hydrogens (primary N) is 1. The quantitative estimate of drug-likeness (QED) is 0.669. The van der Waals surface area contributed by atoms with Gasteiger partial charge in [-0.05, 0) is 33.1 Å². The molecule has 1 unspecified atom stereocenters. The Kier molecular flexibility index (Phi) is 2.37. The molecule has 0 bridgehead atoms. The second-order valence-electron chi connectivity index (χ2n) is 5.37. The van der Waals surface area contributed by atoms with Crippen LogP contribution in [0.15, 0.2) is 0 Å². The smallest absolute Gasteiger partial charge is 0.0185 e. The van der Waals surface area contributed by atoms with Crippen LogP contribution in [0.4, 0.5) is 0 Å². The molecule has 76 valence electrons. The van der Waals surface area contributed by atoms with Crippen molar-refractivity contribution in [2.75, 3.05) is 6.54 Å². The molecule has 0 aromatic carbocycles. The lowest BCUT2D eigenvalue weighted by atomic mass is 9.99. The molecule has 2 N–H and O–H groups in total. The van der Waals surface area contributed by atoms with E-state index in [0.29, 0.717) is 11.6 Å². The molecule has 0 aromatic rings. The van der Waals surface area contributed by atoms with E-state index in [1.54, 1.807) is 0 Å². The number of hydrogen-bond donors (Lipinski definition) is 1. The van der Waals surface area contributed by atoms with Crippen molar-refractivity contribution in [3.8, 4) is 0 Å². The molecule has 2 nitrogen and oxygen atoms in total. The van der Waals surface area contributed by atoms with E-state index < -0.39 is 0 Å². The van der Waals surface area contributed by atoms with Gasteiger partial charge in [-0.25, -0.2) is 0 Å². The van der Waals surface area contributed by atoms with Gasteiger partial charge in [0.15, 0.2) is 0 Å². The van der Waals surface area contributed by atoms with Crippen molar-refractivity contribution in [1.82, 2.24) is 4.90 Å². The van der Waals surface area contributed by atoms with Gasteiger partial charge >= 0.3 is 0 Å². The Balaban J connectivity index is 2.05. The molecule has 2 heteroatoms. The van der Waals surface area contributed by atoms with Crippen molar-refractivity contribution in [1.29, 1.82) is 0 Å². The van der Waals surface area contributed by atoms with E-state index in [2.05, 4.69) is 18.7 Å². The number of rotatable bonds is 1. The van der Waals surface area contributed by atoms with Crippen LogP contribution in [0.5, 0.6) is 0 Å². The Morgan fingerprint density at radius 1 is 1.23 bits per heavy atom. The first-order valence-electron chi connectivity index (χ1n) is 5.62. The van der Waals surface area contributed by atoms with Gasteiger partial charge in [0, 0.05) is 24.2 Å². The lowest BCUT2D eigenvalue weighted by Gasteiger charge is -2.36. The number of likely N-dealkylation sites (tertiary alicyclic amines) is 1. The first-order chi connectivity index (χ1) is 6.09. The van der Waals surface area contributed by atoms with Crippen molar-refractivity contribution in [2.24, 2.45) is 5.73 Å². The van der Waals surface area contributed by atoms with Gasteiger partial charge in [-0.3, -0.25) is 4.90 Å². The molecule has 1 atom stereocenters. The van der Waals surface area contributed by atoms with Gasteiger partial charge in [0.25, 0.3) is 0 Å². The van der Waals surface area contributed by atoms with Crippen LogP contribution in [0.25, 0.3) is 0 Å². The van der Waals surface area contributed by atoms with Crippen LogP contribution in [0.1, 0.15) is 46.0 Å². The molecular formula is C11H22N2. The second-order valence-corrected chi connectivity index (χ2v) is 5.37. The average Bonchev–Trinajstić information content (AvgIpc) is 2.56. The summed E-state index contributed by atoms with van der Waals surface area (Å²) in [5.74, 6) is 0. The van der Waals surface area contributed by atoms with Crippen LogP contribution in [0.2, 0.25) is 0 Å². The van der Waals surface area contributed by atoms with Crippen LogP contribution >= 0.6 is 0 Å². The van der Waals surface area contributed by atoms with Crippen LogP contribution in [-0.4, -0.2) is 29.1 Å². The molecule has 1 aliphatic carbocycles. The van der Waals surface area contributed by atoms with E-state index in [-0.39, 0.29) is 0 Å². The highest BCUT2D eigenvalue weighted by atomic mass is 15.3. The molecule has 1 saturated carbocycles. The van der Waals surface area contributed by atoms with Gasteiger partial charge in [-0.2, -0.15) is 0 Å². The molecule has 0 spiro atoms. The van der Waals surface area contributed by atoms with Gasteiger partial charge < -0.3 is 5.73 Å². The molecule has 1 heterocycles. The van der Waals surface area contributed by atoms with Crippen molar-refractivity contribution in [3.63, 3.8) is 0 Å². The van der Waals surface area contributed by atoms with Gasteiger partial charge in [0.05, 0.1) is 0 Å². The third-order valence-corrected chi connectivity index (χ3v) is 3.74. The van der Waals surface area contributed by atoms with Crippen molar-refractivity contribution >= 4 is 0 Å². The van der Waals surface area contributed by atoms with E-state index >= 15 is 0 Å². The van der Waals surface area contributed by atoms with Crippen molar-refractivity contribution in [3.05, 3.63) is 0 Å². The minimum atomic E-state index is 0.356. The van der Waals surface area contributed by atoms with Gasteiger partial charge in [-0.15, -0.1) is 0 Å². The second kappa shape index (κ2) is 3.25. The summed E-state index contributed by atoms with van der Waals surface area (Å²) >= 11 is 0. The number of nitrogens with zero attached hydrogens (tertiary/aromatic N) is 1. The summed E-state index contributed by atoms with van der Waals surface area (Å²) in [6.45, 7) is 5.81. The third-order valence-electron chi connectivity index (χ3n) is 3.74. The molecular weight excluding hydrogens is 160 g/mol. The fourth-order valence-corrected chi connectivity index (χ4v) is 3.18. The predicted octanol–water partition coefficient (Wildman–Crippen LogP) is 1.74. The van der Waals surface area contributed by atoms with Crippen LogP contribution in [0, 0.1) is 0 Å². The summed E-state index contributed by atoms with van der Waals surface area (Å²) in [6, 6.07) is 1.25. The highest BCUT2D eigenvalue weighted by molar-refractivity contribution is 4.98. The maximum absolute atomic E-state index is 6.03. The lowest BCUT2D eigenvalue weighted by molar-refractivity contribution is 0.118. The Bertz CT molecular complexity index is 183. The van der Waals surface area contributed by atoms with E-state index in [1.165, 1.54) is 32.1 Å². The van der Waals surface area contributed by atoms with Crippen LogP contribution in [0.3, 0.4) is 0 Å². The molecule has 2 aliphatic rings. The topological polar surface area (TPSA) is 29.3 Å². The first-order valence-corrected chi connectivity index (χ1v) is 5.62. The fourth-order valence-electron chi connectivity index (χ4n) is 3.18. The minimum Gasteiger partial charge on any atom is -0.326 e. The summed E-state index contributed by atoms with van der Waals surface area (Å²) in [7, 11) is 0. The zero-order valence-corrected chi connectivity index (χ0v) is 8.92. The zero-order chi connectivity index (χ0) is 9.47. The Morgan fingerprint density at radius 2 is 1.85 bits per heavy atom. The highest BCUT2D eigenvalue weighted by Gasteiger charge is 2.40. The molecule has 2 rings (SSSR count). The maximum atomic E-state index is 6.03. The van der Waals surface area contributed by atoms with E-state index in [0.717, 1.165) is 12.6 Å². The molecule has 13 heavy (non-hydrogen) atoms. The summed E-state index contributed by atoms with van der Waals surface area (Å²) in [5.41, 5.74) is 6.38. The lowest BCUT2D eigenvalue weighted by Crippen LogP contribution is -2.44. The molecule has 0 aromatic heterocycles. The monoisotopic (exact) mass is 182 g/mol. The molecule has 2 fully saturated rings. The summed E-state index contributed by atoms with van der Waals surface area (Å²) in [5, 5.41) is 0. The summed E-state index contributed by atoms with van der Waals surface area (Å²) in [6.07, 6.45) is 6.81. The average molecular weight is 182 g/mol.